The molecule has 0 bridgehead atoms. The first-order valence-electron chi connectivity index (χ1n) is 31.6. The van der Waals surface area contributed by atoms with Crippen LogP contribution in [0.5, 0.6) is 0 Å². The molecule has 8 nitrogen and oxygen atoms in total. The van der Waals surface area contributed by atoms with E-state index in [9.17, 15) is 14.7 Å². The van der Waals surface area contributed by atoms with Crippen LogP contribution in [0.25, 0.3) is 0 Å². The molecule has 0 aromatic rings. The van der Waals surface area contributed by atoms with Gasteiger partial charge in [0.15, 0.2) is 0 Å². The van der Waals surface area contributed by atoms with Crippen molar-refractivity contribution in [1.82, 2.24) is 16.0 Å². The van der Waals surface area contributed by atoms with Gasteiger partial charge in [-0.3, -0.25) is 14.4 Å². The van der Waals surface area contributed by atoms with Crippen molar-refractivity contribution in [2.45, 2.75) is 231 Å². The summed E-state index contributed by atoms with van der Waals surface area (Å²) in [4.78, 5) is 57.2. The Hall–Kier alpha value is -1.54. The van der Waals surface area contributed by atoms with Crippen LogP contribution in [0.2, 0.25) is 0 Å². The number of carbonyl (C=O) groups excluding carboxylic acids is 3. The van der Waals surface area contributed by atoms with Crippen molar-refractivity contribution in [3.8, 4) is 0 Å². The summed E-state index contributed by atoms with van der Waals surface area (Å²) in [6.45, 7) is 43.6. The van der Waals surface area contributed by atoms with E-state index in [1.165, 1.54) is 75.4 Å². The maximum Gasteiger partial charge on any atom is 0.328 e. The molecule has 1 radical (unpaired) electrons. The van der Waals surface area contributed by atoms with Gasteiger partial charge in [-0.1, -0.05) is 126 Å². The maximum absolute atomic E-state index is 15.1. The van der Waals surface area contributed by atoms with E-state index in [0.717, 1.165) is 76.0 Å². The van der Waals surface area contributed by atoms with Crippen LogP contribution in [0.4, 0.5) is 0 Å². The van der Waals surface area contributed by atoms with Crippen molar-refractivity contribution >= 4 is 23.7 Å². The van der Waals surface area contributed by atoms with Gasteiger partial charge in [-0.15, -0.1) is 0 Å². The molecular weight excluding hydrogens is 1030 g/mol. The minimum Gasteiger partial charge on any atom is -0.480 e. The summed E-state index contributed by atoms with van der Waals surface area (Å²) in [7, 11) is 0. The third-order valence-electron chi connectivity index (χ3n) is 29.2. The number of amides is 3. The number of hydrogen-bond donors (Lipinski definition) is 4. The Morgan fingerprint density at radius 3 is 1.51 bits per heavy atom. The van der Waals surface area contributed by atoms with Gasteiger partial charge >= 0.3 is 5.97 Å². The topological polar surface area (TPSA) is 125 Å². The Labute approximate surface area is 493 Å². The number of allylic oxidation sites excluding steroid dienone is 2. The van der Waals surface area contributed by atoms with Gasteiger partial charge in [-0.05, 0) is 220 Å². The molecular formula is C68H108N3O5Y-. The molecule has 0 spiro atoms. The maximum atomic E-state index is 15.1. The smallest absolute Gasteiger partial charge is 0.328 e. The van der Waals surface area contributed by atoms with Crippen molar-refractivity contribution in [3.05, 3.63) is 30.7 Å². The fraction of sp³-hybridized carbons (Fsp3) is 0.868. The van der Waals surface area contributed by atoms with Crippen molar-refractivity contribution in [2.75, 3.05) is 13.1 Å². The van der Waals surface area contributed by atoms with Crippen LogP contribution in [0.15, 0.2) is 24.3 Å². The minimum atomic E-state index is -1.29. The summed E-state index contributed by atoms with van der Waals surface area (Å²) >= 11 is 0. The fourth-order valence-electron chi connectivity index (χ4n) is 24.5. The van der Waals surface area contributed by atoms with E-state index in [2.05, 4.69) is 126 Å². The third kappa shape index (κ3) is 8.50. The van der Waals surface area contributed by atoms with Gasteiger partial charge in [0.2, 0.25) is 17.7 Å². The molecule has 10 fully saturated rings. The molecule has 0 aromatic carbocycles. The van der Waals surface area contributed by atoms with E-state index in [4.69, 9.17) is 0 Å². The zero-order valence-corrected chi connectivity index (χ0v) is 54.0. The molecule has 10 aliphatic rings. The quantitative estimate of drug-likeness (QED) is 0.121. The summed E-state index contributed by atoms with van der Waals surface area (Å²) < 4.78 is 0. The molecule has 21 unspecified atom stereocenters. The summed E-state index contributed by atoms with van der Waals surface area (Å²) in [5.74, 6) is 3.02. The molecule has 0 heterocycles. The number of aliphatic carboxylic acids is 1. The van der Waals surface area contributed by atoms with Crippen molar-refractivity contribution in [2.24, 2.45) is 125 Å². The first-order chi connectivity index (χ1) is 35.4. The fourth-order valence-corrected chi connectivity index (χ4v) is 24.5. The van der Waals surface area contributed by atoms with Crippen molar-refractivity contribution in [1.29, 1.82) is 0 Å². The standard InChI is InChI=1S/C68H108N3O5.Y/c1-40(2)44-23-32-67(36-34-63(13)46(53(44)67)18-20-51-61(11)28-17-27-59(7,8)49(61)25-30-65(51,63)15)57(75)69-38-42(5)55(72)71-48(56(73)74)39-70-58(76)68-33-24-45(41(3)4)54(68)47-19-21-52-62(12)29-22-43(6)60(9,10)50(62)26-31-66(52,16)64(47,14)35-37-68;/h27,42-54H,1,3,17-26,28-39H2,2,4-16H3,(H,69,75)(H,70,76)(H,71,72)(H,73,74);/q-1;. The molecule has 77 heavy (non-hydrogen) atoms. The van der Waals surface area contributed by atoms with Gasteiger partial charge in [0.05, 0.1) is 16.7 Å². The number of hydrogen-bond acceptors (Lipinski definition) is 4. The molecule has 3 amide bonds. The Balaban J connectivity index is 0.00000722. The van der Waals surface area contributed by atoms with Gasteiger partial charge in [0.1, 0.15) is 6.04 Å². The summed E-state index contributed by atoms with van der Waals surface area (Å²) in [5, 5.41) is 19.9. The van der Waals surface area contributed by atoms with Crippen LogP contribution < -0.4 is 16.0 Å². The van der Waals surface area contributed by atoms with Gasteiger partial charge in [0.25, 0.3) is 0 Å². The van der Waals surface area contributed by atoms with Crippen LogP contribution in [0, 0.1) is 132 Å². The van der Waals surface area contributed by atoms with E-state index in [-0.39, 0.29) is 102 Å². The van der Waals surface area contributed by atoms with Crippen LogP contribution in [0.1, 0.15) is 225 Å². The zero-order valence-electron chi connectivity index (χ0n) is 51.2. The molecule has 10 saturated carbocycles. The Kier molecular flexibility index (Phi) is 15.7. The SMILES string of the molecule is C=C(C)C1CCC2(C(=O)NCC(C)C(=O)NC(CNC(=O)C34CCC(C(=C)C)C3C3CCC5C6(C)CCC(C)C(C)(C)C6CCC5(C)C3(C)CC4)C(=O)O)CCC3(C)C(CCC4C5(C)CC[CH-]C(C)(C)C5CCC43C)C12.[Y]. The van der Waals surface area contributed by atoms with Crippen LogP contribution in [-0.4, -0.2) is 47.9 Å². The molecule has 429 valence electrons. The van der Waals surface area contributed by atoms with Gasteiger partial charge in [-0.2, -0.15) is 11.8 Å². The number of carbonyl (C=O) groups is 4. The van der Waals surface area contributed by atoms with E-state index >= 15 is 9.59 Å². The van der Waals surface area contributed by atoms with E-state index in [1.54, 1.807) is 6.92 Å². The summed E-state index contributed by atoms with van der Waals surface area (Å²) in [6.07, 6.45) is 24.8. The second kappa shape index (κ2) is 20.1. The predicted octanol–water partition coefficient (Wildman–Crippen LogP) is 14.6. The van der Waals surface area contributed by atoms with Crippen LogP contribution >= 0.6 is 0 Å². The Morgan fingerprint density at radius 2 is 1.03 bits per heavy atom. The number of rotatable bonds is 11. The average Bonchev–Trinajstić information content (AvgIpc) is 3.96. The van der Waals surface area contributed by atoms with E-state index in [0.29, 0.717) is 51.8 Å². The molecule has 0 aliphatic heterocycles. The number of fused-ring (bicyclic) bond motifs is 14. The second-order valence-corrected chi connectivity index (χ2v) is 32.2. The van der Waals surface area contributed by atoms with Crippen LogP contribution in [-0.2, 0) is 51.9 Å². The van der Waals surface area contributed by atoms with Crippen molar-refractivity contribution in [3.63, 3.8) is 0 Å². The number of carboxylic acids is 1. The van der Waals surface area contributed by atoms with Gasteiger partial charge in [0, 0.05) is 45.8 Å². The minimum absolute atomic E-state index is 0. The Bertz CT molecular complexity index is 2380. The Morgan fingerprint density at radius 1 is 0.558 bits per heavy atom. The first kappa shape index (κ1) is 60.1. The normalized spacial score (nSPS) is 48.6. The monoisotopic (exact) mass is 1140 g/mol. The third-order valence-corrected chi connectivity index (χ3v) is 29.2. The molecule has 9 heteroatoms. The zero-order chi connectivity index (χ0) is 55.4. The summed E-state index contributed by atoms with van der Waals surface area (Å²) in [5.41, 5.74) is 3.10. The number of nitrogens with one attached hydrogen (secondary N) is 3. The molecule has 21 atom stereocenters. The number of carboxylic acid groups (broad SMARTS) is 1. The first-order valence-corrected chi connectivity index (χ1v) is 31.6. The molecule has 0 saturated heterocycles. The van der Waals surface area contributed by atoms with E-state index in [1.807, 2.05) is 0 Å². The molecule has 0 aromatic heterocycles. The molecule has 10 aliphatic carbocycles. The largest absolute Gasteiger partial charge is 0.480 e. The van der Waals surface area contributed by atoms with Gasteiger partial charge in [-0.25, -0.2) is 4.79 Å². The second-order valence-electron chi connectivity index (χ2n) is 32.2. The molecule has 4 N–H and O–H groups in total. The van der Waals surface area contributed by atoms with Crippen molar-refractivity contribution < 1.29 is 57.0 Å². The molecule has 10 rings (SSSR count). The predicted molar refractivity (Wildman–Crippen MR) is 306 cm³/mol. The van der Waals surface area contributed by atoms with E-state index < -0.39 is 34.7 Å². The van der Waals surface area contributed by atoms with Crippen LogP contribution in [0.3, 0.4) is 0 Å². The van der Waals surface area contributed by atoms with Gasteiger partial charge < -0.3 is 27.5 Å². The average molecular weight is 1140 g/mol. The summed E-state index contributed by atoms with van der Waals surface area (Å²) in [6, 6.07) is -1.29.